The number of H-pyrrole nitrogens is 1. The molecule has 0 bridgehead atoms. The van der Waals surface area contributed by atoms with E-state index < -0.39 is 6.43 Å². The Morgan fingerprint density at radius 1 is 1.25 bits per heavy atom. The van der Waals surface area contributed by atoms with E-state index in [4.69, 9.17) is 4.74 Å². The Morgan fingerprint density at radius 3 is 2.92 bits per heavy atom. The molecule has 0 unspecified atom stereocenters. The fraction of sp³-hybridized carbons (Fsp3) is 0.188. The number of rotatable bonds is 4. The van der Waals surface area contributed by atoms with E-state index in [0.717, 1.165) is 16.5 Å². The lowest BCUT2D eigenvalue weighted by molar-refractivity contribution is 0.145. The van der Waals surface area contributed by atoms with E-state index >= 15 is 0 Å². The summed E-state index contributed by atoms with van der Waals surface area (Å²) in [7, 11) is 0. The van der Waals surface area contributed by atoms with Gasteiger partial charge in [-0.1, -0.05) is 0 Å². The maximum atomic E-state index is 13.1. The summed E-state index contributed by atoms with van der Waals surface area (Å²) in [6.07, 6.45) is 3.68. The number of pyridine rings is 1. The van der Waals surface area contributed by atoms with E-state index in [1.54, 1.807) is 24.7 Å². The summed E-state index contributed by atoms with van der Waals surface area (Å²) < 4.78 is 32.8. The zero-order valence-electron chi connectivity index (χ0n) is 12.7. The van der Waals surface area contributed by atoms with Crippen LogP contribution in [0.2, 0.25) is 0 Å². The molecule has 122 valence electrons. The Morgan fingerprint density at radius 2 is 2.12 bits per heavy atom. The van der Waals surface area contributed by atoms with Gasteiger partial charge in [-0.2, -0.15) is 4.98 Å². The van der Waals surface area contributed by atoms with Crippen LogP contribution in [-0.4, -0.2) is 30.9 Å². The first-order valence-corrected chi connectivity index (χ1v) is 7.40. The molecule has 4 heterocycles. The second kappa shape index (κ2) is 5.55. The molecule has 4 aromatic heterocycles. The van der Waals surface area contributed by atoms with E-state index in [0.29, 0.717) is 23.9 Å². The van der Waals surface area contributed by atoms with Crippen molar-refractivity contribution in [2.45, 2.75) is 13.3 Å². The molecule has 4 aromatic rings. The third-order valence-electron chi connectivity index (χ3n) is 3.75. The second-order valence-electron chi connectivity index (χ2n) is 5.18. The number of imidazole rings is 1. The summed E-state index contributed by atoms with van der Waals surface area (Å²) in [5.41, 5.74) is 2.55. The van der Waals surface area contributed by atoms with Gasteiger partial charge in [-0.15, -0.1) is 0 Å². The molecule has 0 aliphatic rings. The van der Waals surface area contributed by atoms with Gasteiger partial charge in [0.1, 0.15) is 17.0 Å². The van der Waals surface area contributed by atoms with Crippen molar-refractivity contribution in [3.63, 3.8) is 0 Å². The molecule has 0 aromatic carbocycles. The number of alkyl halides is 2. The molecule has 8 heteroatoms. The molecule has 0 fully saturated rings. The molecule has 0 spiro atoms. The van der Waals surface area contributed by atoms with Crippen molar-refractivity contribution in [3.8, 4) is 17.1 Å². The van der Waals surface area contributed by atoms with Crippen LogP contribution >= 0.6 is 0 Å². The molecular formula is C16H13F2N5O. The lowest BCUT2D eigenvalue weighted by atomic mass is 10.1. The molecule has 0 saturated heterocycles. The lowest BCUT2D eigenvalue weighted by Crippen LogP contribution is -1.97. The Labute approximate surface area is 135 Å². The van der Waals surface area contributed by atoms with Crippen LogP contribution in [0.5, 0.6) is 6.01 Å². The van der Waals surface area contributed by atoms with Crippen LogP contribution in [0.1, 0.15) is 19.0 Å². The predicted molar refractivity (Wildman–Crippen MR) is 84.2 cm³/mol. The maximum Gasteiger partial charge on any atom is 0.318 e. The molecule has 24 heavy (non-hydrogen) atoms. The first-order valence-electron chi connectivity index (χ1n) is 7.40. The van der Waals surface area contributed by atoms with Gasteiger partial charge in [0.05, 0.1) is 12.8 Å². The second-order valence-corrected chi connectivity index (χ2v) is 5.18. The maximum absolute atomic E-state index is 13.1. The average Bonchev–Trinajstić information content (AvgIpc) is 3.18. The molecule has 0 aliphatic heterocycles. The van der Waals surface area contributed by atoms with Crippen molar-refractivity contribution in [3.05, 3.63) is 42.6 Å². The van der Waals surface area contributed by atoms with Crippen LogP contribution in [0, 0.1) is 0 Å². The van der Waals surface area contributed by atoms with Gasteiger partial charge in [0.2, 0.25) is 0 Å². The fourth-order valence-corrected chi connectivity index (χ4v) is 2.65. The highest BCUT2D eigenvalue weighted by atomic mass is 19.3. The lowest BCUT2D eigenvalue weighted by Gasteiger charge is -2.04. The van der Waals surface area contributed by atoms with Gasteiger partial charge in [0, 0.05) is 35.1 Å². The van der Waals surface area contributed by atoms with E-state index in [2.05, 4.69) is 19.9 Å². The van der Waals surface area contributed by atoms with E-state index in [9.17, 15) is 8.78 Å². The number of ether oxygens (including phenoxy) is 1. The van der Waals surface area contributed by atoms with Crippen molar-refractivity contribution in [1.29, 1.82) is 0 Å². The highest BCUT2D eigenvalue weighted by Gasteiger charge is 2.15. The Hall–Kier alpha value is -3.03. The van der Waals surface area contributed by atoms with Crippen molar-refractivity contribution in [2.75, 3.05) is 6.61 Å². The van der Waals surface area contributed by atoms with Gasteiger partial charge in [-0.25, -0.2) is 18.7 Å². The first-order chi connectivity index (χ1) is 11.7. The van der Waals surface area contributed by atoms with Crippen LogP contribution in [0.4, 0.5) is 8.78 Å². The van der Waals surface area contributed by atoms with Gasteiger partial charge in [0.25, 0.3) is 6.43 Å². The van der Waals surface area contributed by atoms with Gasteiger partial charge in [-0.05, 0) is 19.1 Å². The molecule has 6 nitrogen and oxygen atoms in total. The highest BCUT2D eigenvalue weighted by molar-refractivity contribution is 5.93. The molecule has 0 atom stereocenters. The van der Waals surface area contributed by atoms with Crippen molar-refractivity contribution >= 4 is 16.7 Å². The summed E-state index contributed by atoms with van der Waals surface area (Å²) in [5.74, 6) is 0. The number of fused-ring (bicyclic) bond motifs is 2. The number of aromatic amines is 1. The van der Waals surface area contributed by atoms with Crippen LogP contribution < -0.4 is 4.74 Å². The molecule has 4 rings (SSSR count). The van der Waals surface area contributed by atoms with Crippen molar-refractivity contribution in [2.24, 2.45) is 0 Å². The normalized spacial score (nSPS) is 11.7. The monoisotopic (exact) mass is 329 g/mol. The summed E-state index contributed by atoms with van der Waals surface area (Å²) >= 11 is 0. The van der Waals surface area contributed by atoms with Crippen LogP contribution in [0.3, 0.4) is 0 Å². The zero-order chi connectivity index (χ0) is 16.7. The number of nitrogens with zero attached hydrogens (tertiary/aromatic N) is 4. The summed E-state index contributed by atoms with van der Waals surface area (Å²) in [5, 5.41) is 0.788. The summed E-state index contributed by atoms with van der Waals surface area (Å²) in [6, 6.07) is 3.83. The Bertz CT molecular complexity index is 1020. The topological polar surface area (TPSA) is 68.1 Å². The summed E-state index contributed by atoms with van der Waals surface area (Å²) in [6.45, 7) is 2.33. The average molecular weight is 329 g/mol. The molecule has 1 N–H and O–H groups in total. The molecule has 0 aliphatic carbocycles. The number of halogens is 2. The Kier molecular flexibility index (Phi) is 3.37. The van der Waals surface area contributed by atoms with E-state index in [1.807, 2.05) is 13.0 Å². The standard InChI is InChI=1S/C16H13F2N5O/c1-2-24-16-21-6-11-10(5-20-15(11)22-16)9-3-4-13-19-7-12(14(17)18)23(13)8-9/h3-8,14H,2H2,1H3,(H,20,21,22). The smallest absolute Gasteiger partial charge is 0.318 e. The van der Waals surface area contributed by atoms with Gasteiger partial charge in [-0.3, -0.25) is 4.40 Å². The predicted octanol–water partition coefficient (Wildman–Crippen LogP) is 3.61. The molecule has 0 saturated carbocycles. The number of aromatic nitrogens is 5. The van der Waals surface area contributed by atoms with Gasteiger partial charge in [0.15, 0.2) is 0 Å². The minimum atomic E-state index is -2.59. The quantitative estimate of drug-likeness (QED) is 0.621. The van der Waals surface area contributed by atoms with E-state index in [1.165, 1.54) is 10.6 Å². The first kappa shape index (κ1) is 14.6. The van der Waals surface area contributed by atoms with Crippen LogP contribution in [0.25, 0.3) is 27.8 Å². The molecule has 0 radical (unpaired) electrons. The zero-order valence-corrected chi connectivity index (χ0v) is 12.7. The molecule has 0 amide bonds. The van der Waals surface area contributed by atoms with Crippen molar-refractivity contribution in [1.82, 2.24) is 24.3 Å². The minimum Gasteiger partial charge on any atom is -0.464 e. The minimum absolute atomic E-state index is 0.137. The number of hydrogen-bond donors (Lipinski definition) is 1. The van der Waals surface area contributed by atoms with E-state index in [-0.39, 0.29) is 5.69 Å². The third kappa shape index (κ3) is 2.27. The van der Waals surface area contributed by atoms with Crippen LogP contribution in [0.15, 0.2) is 36.9 Å². The van der Waals surface area contributed by atoms with Gasteiger partial charge >= 0.3 is 6.01 Å². The molecular weight excluding hydrogens is 316 g/mol. The van der Waals surface area contributed by atoms with Crippen molar-refractivity contribution < 1.29 is 13.5 Å². The SMILES string of the molecule is CCOc1ncc2c(-c3ccc4ncc(C(F)F)n4c3)c[nH]c2n1. The fourth-order valence-electron chi connectivity index (χ4n) is 2.65. The largest absolute Gasteiger partial charge is 0.464 e. The number of hydrogen-bond acceptors (Lipinski definition) is 4. The Balaban J connectivity index is 1.84. The third-order valence-corrected chi connectivity index (χ3v) is 3.75. The summed E-state index contributed by atoms with van der Waals surface area (Å²) in [4.78, 5) is 15.5. The number of nitrogens with one attached hydrogen (secondary N) is 1. The van der Waals surface area contributed by atoms with Gasteiger partial charge < -0.3 is 9.72 Å². The van der Waals surface area contributed by atoms with Crippen LogP contribution in [-0.2, 0) is 0 Å². The highest BCUT2D eigenvalue weighted by Crippen LogP contribution is 2.29.